The third-order valence-electron chi connectivity index (χ3n) is 11.7. The maximum Gasteiger partial charge on any atom is 0.339 e. The standard InChI is InChI=1S/C44H52O4/c1-3-5-7-11-29-17-21-31(22-18-29)47-43(45)39-27-25-37-34-14-10-16-36-40(28-26-38(42(34)36)33-13-9-15-35(39)41(33)37)44(46)48-32-23-19-30(20-24-32)12-8-6-4-2/h9-10,13-16,25-32H,3-8,11-12,17-24H2,1-2H3/t29-,30-,31-,32-. The summed E-state index contributed by atoms with van der Waals surface area (Å²) in [6.07, 6.45) is 18.9. The molecule has 2 aliphatic rings. The first-order valence-electron chi connectivity index (χ1n) is 19.1. The molecule has 0 N–H and O–H groups in total. The molecular formula is C44H52O4. The van der Waals surface area contributed by atoms with Gasteiger partial charge < -0.3 is 9.47 Å². The van der Waals surface area contributed by atoms with E-state index in [1.807, 2.05) is 24.3 Å². The lowest BCUT2D eigenvalue weighted by Crippen LogP contribution is -2.24. The zero-order chi connectivity index (χ0) is 33.0. The number of ether oxygens (including phenoxy) is 2. The molecule has 0 spiro atoms. The molecule has 48 heavy (non-hydrogen) atoms. The molecule has 0 heterocycles. The van der Waals surface area contributed by atoms with Gasteiger partial charge in [0.25, 0.3) is 0 Å². The smallest absolute Gasteiger partial charge is 0.339 e. The summed E-state index contributed by atoms with van der Waals surface area (Å²) in [6, 6.07) is 20.5. The number of esters is 2. The van der Waals surface area contributed by atoms with Gasteiger partial charge in [-0.05, 0) is 118 Å². The molecule has 2 fully saturated rings. The number of unbranched alkanes of at least 4 members (excludes halogenated alkanes) is 4. The van der Waals surface area contributed by atoms with E-state index in [1.54, 1.807) is 0 Å². The molecule has 5 aromatic rings. The first kappa shape index (κ1) is 32.9. The highest BCUT2D eigenvalue weighted by Gasteiger charge is 2.27. The van der Waals surface area contributed by atoms with Crippen LogP contribution in [0.1, 0.15) is 137 Å². The van der Waals surface area contributed by atoms with Crippen molar-refractivity contribution in [3.05, 3.63) is 71.8 Å². The van der Waals surface area contributed by atoms with Crippen LogP contribution in [-0.2, 0) is 9.47 Å². The topological polar surface area (TPSA) is 52.6 Å². The fourth-order valence-corrected chi connectivity index (χ4v) is 8.94. The first-order valence-corrected chi connectivity index (χ1v) is 19.1. The molecule has 5 aromatic carbocycles. The summed E-state index contributed by atoms with van der Waals surface area (Å²) in [6.45, 7) is 4.51. The van der Waals surface area contributed by atoms with Crippen LogP contribution in [-0.4, -0.2) is 24.1 Å². The van der Waals surface area contributed by atoms with Crippen molar-refractivity contribution in [3.63, 3.8) is 0 Å². The average molecular weight is 645 g/mol. The van der Waals surface area contributed by atoms with Crippen molar-refractivity contribution in [3.8, 4) is 0 Å². The monoisotopic (exact) mass is 644 g/mol. The number of hydrogen-bond acceptors (Lipinski definition) is 4. The van der Waals surface area contributed by atoms with Crippen LogP contribution in [0.4, 0.5) is 0 Å². The maximum absolute atomic E-state index is 13.7. The molecule has 252 valence electrons. The largest absolute Gasteiger partial charge is 0.459 e. The second kappa shape index (κ2) is 14.8. The van der Waals surface area contributed by atoms with Gasteiger partial charge in [0, 0.05) is 0 Å². The van der Waals surface area contributed by atoms with Crippen molar-refractivity contribution in [1.29, 1.82) is 0 Å². The van der Waals surface area contributed by atoms with E-state index >= 15 is 0 Å². The quantitative estimate of drug-likeness (QED) is 0.0587. The van der Waals surface area contributed by atoms with Gasteiger partial charge in [-0.3, -0.25) is 0 Å². The van der Waals surface area contributed by atoms with Crippen LogP contribution in [0.25, 0.3) is 43.1 Å². The van der Waals surface area contributed by atoms with Crippen molar-refractivity contribution in [2.24, 2.45) is 11.8 Å². The van der Waals surface area contributed by atoms with Gasteiger partial charge in [-0.1, -0.05) is 114 Å². The molecule has 0 aliphatic heterocycles. The minimum Gasteiger partial charge on any atom is -0.459 e. The van der Waals surface area contributed by atoms with Crippen LogP contribution in [0.5, 0.6) is 0 Å². The molecule has 2 aliphatic carbocycles. The van der Waals surface area contributed by atoms with Gasteiger partial charge >= 0.3 is 11.9 Å². The van der Waals surface area contributed by atoms with E-state index in [9.17, 15) is 9.59 Å². The summed E-state index contributed by atoms with van der Waals surface area (Å²) in [5.74, 6) is 1.12. The lowest BCUT2D eigenvalue weighted by molar-refractivity contribution is 0.0154. The Hall–Kier alpha value is -3.66. The molecule has 0 radical (unpaired) electrons. The highest BCUT2D eigenvalue weighted by Crippen LogP contribution is 2.42. The lowest BCUT2D eigenvalue weighted by atomic mass is 9.84. The SMILES string of the molecule is CCCCC[C@H]1CC[C@H](OC(=O)c2ccc3c4cccc5c(C(=O)O[C@H]6CC[C@H](CCCCC)CC6)ccc(c6cccc2c63)c54)CC1. The summed E-state index contributed by atoms with van der Waals surface area (Å²) >= 11 is 0. The van der Waals surface area contributed by atoms with Crippen LogP contribution < -0.4 is 0 Å². The Balaban J connectivity index is 1.13. The van der Waals surface area contributed by atoms with E-state index in [0.717, 1.165) is 106 Å². The molecule has 7 rings (SSSR count). The van der Waals surface area contributed by atoms with Gasteiger partial charge in [0.05, 0.1) is 11.1 Å². The van der Waals surface area contributed by atoms with Crippen LogP contribution in [0.3, 0.4) is 0 Å². The van der Waals surface area contributed by atoms with E-state index in [4.69, 9.17) is 9.47 Å². The zero-order valence-corrected chi connectivity index (χ0v) is 29.0. The van der Waals surface area contributed by atoms with Gasteiger partial charge in [-0.25, -0.2) is 9.59 Å². The summed E-state index contributed by atoms with van der Waals surface area (Å²) in [5, 5.41) is 8.39. The maximum atomic E-state index is 13.7. The molecule has 0 amide bonds. The number of benzene rings is 5. The van der Waals surface area contributed by atoms with Crippen molar-refractivity contribution in [1.82, 2.24) is 0 Å². The third-order valence-corrected chi connectivity index (χ3v) is 11.7. The van der Waals surface area contributed by atoms with Gasteiger partial charge in [0.1, 0.15) is 12.2 Å². The number of rotatable bonds is 12. The van der Waals surface area contributed by atoms with Crippen LogP contribution >= 0.6 is 0 Å². The molecule has 0 saturated heterocycles. The van der Waals surface area contributed by atoms with Gasteiger partial charge in [0.15, 0.2) is 0 Å². The zero-order valence-electron chi connectivity index (χ0n) is 29.0. The second-order valence-electron chi connectivity index (χ2n) is 14.9. The molecule has 4 heteroatoms. The summed E-state index contributed by atoms with van der Waals surface area (Å²) < 4.78 is 12.3. The van der Waals surface area contributed by atoms with E-state index in [1.165, 1.54) is 51.4 Å². The van der Waals surface area contributed by atoms with Gasteiger partial charge in [0.2, 0.25) is 0 Å². The predicted molar refractivity (Wildman–Crippen MR) is 198 cm³/mol. The molecular weight excluding hydrogens is 592 g/mol. The Labute approximate surface area is 285 Å². The van der Waals surface area contributed by atoms with Crippen molar-refractivity contribution in [2.45, 2.75) is 129 Å². The van der Waals surface area contributed by atoms with E-state index in [2.05, 4.69) is 50.2 Å². The number of carbonyl (C=O) groups is 2. The second-order valence-corrected chi connectivity index (χ2v) is 14.9. The number of carbonyl (C=O) groups excluding carboxylic acids is 2. The minimum atomic E-state index is -0.217. The Morgan fingerprint density at radius 3 is 1.27 bits per heavy atom. The lowest BCUT2D eigenvalue weighted by Gasteiger charge is -2.28. The van der Waals surface area contributed by atoms with Crippen LogP contribution in [0.2, 0.25) is 0 Å². The Morgan fingerprint density at radius 2 is 0.875 bits per heavy atom. The van der Waals surface area contributed by atoms with E-state index < -0.39 is 0 Å². The van der Waals surface area contributed by atoms with E-state index in [0.29, 0.717) is 11.1 Å². The van der Waals surface area contributed by atoms with Crippen molar-refractivity contribution < 1.29 is 19.1 Å². The molecule has 0 aromatic heterocycles. The number of hydrogen-bond donors (Lipinski definition) is 0. The Bertz CT molecular complexity index is 1710. The fraction of sp³-hybridized carbons (Fsp3) is 0.500. The van der Waals surface area contributed by atoms with Crippen LogP contribution in [0, 0.1) is 11.8 Å². The molecule has 4 nitrogen and oxygen atoms in total. The average Bonchev–Trinajstić information content (AvgIpc) is 3.11. The minimum absolute atomic E-state index is 0.000718. The molecule has 0 unspecified atom stereocenters. The summed E-state index contributed by atoms with van der Waals surface area (Å²) in [5.41, 5.74) is 1.27. The van der Waals surface area contributed by atoms with Crippen molar-refractivity contribution in [2.75, 3.05) is 0 Å². The van der Waals surface area contributed by atoms with Gasteiger partial charge in [-0.15, -0.1) is 0 Å². The fourth-order valence-electron chi connectivity index (χ4n) is 8.94. The Morgan fingerprint density at radius 1 is 0.500 bits per heavy atom. The first-order chi connectivity index (χ1) is 23.6. The summed E-state index contributed by atoms with van der Waals surface area (Å²) in [7, 11) is 0. The normalized spacial score (nSPS) is 21.7. The highest BCUT2D eigenvalue weighted by molar-refractivity contribution is 6.35. The molecule has 0 bridgehead atoms. The number of fused-ring (bicyclic) bond motifs is 2. The molecule has 2 saturated carbocycles. The van der Waals surface area contributed by atoms with E-state index in [-0.39, 0.29) is 24.1 Å². The van der Waals surface area contributed by atoms with Crippen LogP contribution in [0.15, 0.2) is 60.7 Å². The van der Waals surface area contributed by atoms with Gasteiger partial charge in [-0.2, -0.15) is 0 Å². The van der Waals surface area contributed by atoms with Crippen molar-refractivity contribution >= 4 is 55.0 Å². The molecule has 0 atom stereocenters. The summed E-state index contributed by atoms with van der Waals surface area (Å²) in [4.78, 5) is 27.3. The predicted octanol–water partition coefficient (Wildman–Crippen LogP) is 12.3. The Kier molecular flexibility index (Phi) is 10.2. The highest BCUT2D eigenvalue weighted by atomic mass is 16.5. The third kappa shape index (κ3) is 6.65.